The van der Waals surface area contributed by atoms with Crippen LogP contribution in [0.1, 0.15) is 35.8 Å². The van der Waals surface area contributed by atoms with E-state index in [1.807, 2.05) is 0 Å². The van der Waals surface area contributed by atoms with Crippen molar-refractivity contribution in [3.05, 3.63) is 83.9 Å². The van der Waals surface area contributed by atoms with Crippen molar-refractivity contribution in [1.29, 1.82) is 0 Å². The Morgan fingerprint density at radius 2 is 1.20 bits per heavy atom. The minimum Gasteiger partial charge on any atom is -0.0622 e. The summed E-state index contributed by atoms with van der Waals surface area (Å²) in [6.45, 7) is 0. The third-order valence-electron chi connectivity index (χ3n) is 4.70. The lowest BCUT2D eigenvalue weighted by Gasteiger charge is -2.37. The summed E-state index contributed by atoms with van der Waals surface area (Å²) in [7, 11) is 0. The molecule has 0 radical (unpaired) electrons. The van der Waals surface area contributed by atoms with E-state index in [1.165, 1.54) is 34.7 Å². The lowest BCUT2D eigenvalue weighted by Crippen LogP contribution is -2.21. The lowest BCUT2D eigenvalue weighted by molar-refractivity contribution is 0.347. The zero-order valence-electron chi connectivity index (χ0n) is 11.5. The van der Waals surface area contributed by atoms with Crippen molar-refractivity contribution in [2.75, 3.05) is 0 Å². The van der Waals surface area contributed by atoms with Gasteiger partial charge in [-0.05, 0) is 46.6 Å². The molecule has 98 valence electrons. The van der Waals surface area contributed by atoms with Crippen LogP contribution in [0.5, 0.6) is 0 Å². The molecule has 20 heavy (non-hydrogen) atoms. The molecule has 2 atom stereocenters. The monoisotopic (exact) mass is 258 g/mol. The Morgan fingerprint density at radius 1 is 0.550 bits per heavy atom. The van der Waals surface area contributed by atoms with E-state index in [9.17, 15) is 0 Å². The molecule has 1 aliphatic carbocycles. The maximum Gasteiger partial charge on any atom is -0.00926 e. The van der Waals surface area contributed by atoms with Crippen LogP contribution in [0.3, 0.4) is 0 Å². The summed E-state index contributed by atoms with van der Waals surface area (Å²) in [4.78, 5) is 0. The van der Waals surface area contributed by atoms with Crippen molar-refractivity contribution < 1.29 is 0 Å². The standard InChI is InChI=1S/C20H18/c1-2-7-16(8-3-1)19-12-13-20(19)18-11-10-15-6-4-5-9-17(15)14-18/h1-11,14,19-20H,12-13H2. The van der Waals surface area contributed by atoms with Crippen molar-refractivity contribution in [3.63, 3.8) is 0 Å². The van der Waals surface area contributed by atoms with Crippen molar-refractivity contribution in [3.8, 4) is 0 Å². The van der Waals surface area contributed by atoms with E-state index in [0.717, 1.165) is 0 Å². The zero-order valence-corrected chi connectivity index (χ0v) is 11.5. The molecule has 2 unspecified atom stereocenters. The highest BCUT2D eigenvalue weighted by Gasteiger charge is 2.33. The smallest absolute Gasteiger partial charge is 0.00926 e. The van der Waals surface area contributed by atoms with Crippen LogP contribution in [0.15, 0.2) is 72.8 Å². The molecular weight excluding hydrogens is 240 g/mol. The Hall–Kier alpha value is -2.08. The second kappa shape index (κ2) is 4.79. The van der Waals surface area contributed by atoms with Gasteiger partial charge in [0.1, 0.15) is 0 Å². The topological polar surface area (TPSA) is 0 Å². The van der Waals surface area contributed by atoms with Crippen LogP contribution in [0.2, 0.25) is 0 Å². The molecule has 1 fully saturated rings. The Labute approximate surface area is 120 Å². The first-order chi connectivity index (χ1) is 9.92. The summed E-state index contributed by atoms with van der Waals surface area (Å²) >= 11 is 0. The van der Waals surface area contributed by atoms with E-state index < -0.39 is 0 Å². The quantitative estimate of drug-likeness (QED) is 0.569. The Bertz CT molecular complexity index is 727. The number of fused-ring (bicyclic) bond motifs is 1. The van der Waals surface area contributed by atoms with Gasteiger partial charge in [-0.3, -0.25) is 0 Å². The molecule has 3 aromatic carbocycles. The Balaban J connectivity index is 1.69. The second-order valence-corrected chi connectivity index (χ2v) is 5.81. The number of hydrogen-bond donors (Lipinski definition) is 0. The highest BCUT2D eigenvalue weighted by atomic mass is 14.4. The van der Waals surface area contributed by atoms with Crippen molar-refractivity contribution in [2.45, 2.75) is 24.7 Å². The van der Waals surface area contributed by atoms with E-state index in [2.05, 4.69) is 72.8 Å². The molecule has 0 heterocycles. The molecule has 0 amide bonds. The average Bonchev–Trinajstić information content (AvgIpc) is 2.47. The van der Waals surface area contributed by atoms with Gasteiger partial charge in [-0.1, -0.05) is 72.8 Å². The van der Waals surface area contributed by atoms with Gasteiger partial charge in [0.2, 0.25) is 0 Å². The van der Waals surface area contributed by atoms with Crippen LogP contribution in [-0.2, 0) is 0 Å². The maximum atomic E-state index is 2.38. The molecule has 0 heteroatoms. The highest BCUT2D eigenvalue weighted by Crippen LogP contribution is 2.49. The van der Waals surface area contributed by atoms with Crippen LogP contribution >= 0.6 is 0 Å². The zero-order chi connectivity index (χ0) is 13.4. The van der Waals surface area contributed by atoms with E-state index >= 15 is 0 Å². The molecule has 3 aromatic rings. The summed E-state index contributed by atoms with van der Waals surface area (Å²) in [5.41, 5.74) is 3.00. The fraction of sp³-hybridized carbons (Fsp3) is 0.200. The van der Waals surface area contributed by atoms with E-state index in [4.69, 9.17) is 0 Å². The predicted molar refractivity (Wildman–Crippen MR) is 85.1 cm³/mol. The molecule has 0 aliphatic heterocycles. The maximum absolute atomic E-state index is 2.38. The number of hydrogen-bond acceptors (Lipinski definition) is 0. The fourth-order valence-corrected chi connectivity index (χ4v) is 3.44. The van der Waals surface area contributed by atoms with Crippen molar-refractivity contribution >= 4 is 10.8 Å². The average molecular weight is 258 g/mol. The van der Waals surface area contributed by atoms with Gasteiger partial charge >= 0.3 is 0 Å². The normalized spacial score (nSPS) is 21.6. The molecule has 4 rings (SSSR count). The van der Waals surface area contributed by atoms with Crippen LogP contribution in [0.25, 0.3) is 10.8 Å². The number of rotatable bonds is 2. The van der Waals surface area contributed by atoms with Crippen LogP contribution in [0, 0.1) is 0 Å². The molecule has 0 saturated heterocycles. The highest BCUT2D eigenvalue weighted by molar-refractivity contribution is 5.83. The van der Waals surface area contributed by atoms with E-state index in [0.29, 0.717) is 11.8 Å². The molecule has 0 spiro atoms. The van der Waals surface area contributed by atoms with Crippen molar-refractivity contribution in [1.82, 2.24) is 0 Å². The van der Waals surface area contributed by atoms with Crippen LogP contribution in [0.4, 0.5) is 0 Å². The van der Waals surface area contributed by atoms with Gasteiger partial charge in [-0.2, -0.15) is 0 Å². The van der Waals surface area contributed by atoms with Gasteiger partial charge in [0, 0.05) is 0 Å². The van der Waals surface area contributed by atoms with E-state index in [-0.39, 0.29) is 0 Å². The largest absolute Gasteiger partial charge is 0.0622 e. The van der Waals surface area contributed by atoms with Crippen LogP contribution < -0.4 is 0 Å². The third-order valence-corrected chi connectivity index (χ3v) is 4.70. The van der Waals surface area contributed by atoms with Gasteiger partial charge in [-0.15, -0.1) is 0 Å². The van der Waals surface area contributed by atoms with Crippen molar-refractivity contribution in [2.24, 2.45) is 0 Å². The Morgan fingerprint density at radius 3 is 1.95 bits per heavy atom. The molecule has 0 nitrogen and oxygen atoms in total. The summed E-state index contributed by atoms with van der Waals surface area (Å²) in [5, 5.41) is 2.70. The first-order valence-corrected chi connectivity index (χ1v) is 7.45. The summed E-state index contributed by atoms with van der Waals surface area (Å²) < 4.78 is 0. The minimum absolute atomic E-state index is 0.696. The lowest BCUT2D eigenvalue weighted by atomic mass is 9.67. The number of benzene rings is 3. The fourth-order valence-electron chi connectivity index (χ4n) is 3.44. The summed E-state index contributed by atoms with van der Waals surface area (Å²) in [5.74, 6) is 1.40. The van der Waals surface area contributed by atoms with Crippen LogP contribution in [-0.4, -0.2) is 0 Å². The second-order valence-electron chi connectivity index (χ2n) is 5.81. The molecular formula is C20H18. The van der Waals surface area contributed by atoms with Gasteiger partial charge < -0.3 is 0 Å². The van der Waals surface area contributed by atoms with E-state index in [1.54, 1.807) is 0 Å². The SMILES string of the molecule is c1ccc(C2CCC2c2ccc3ccccc3c2)cc1. The molecule has 1 aliphatic rings. The van der Waals surface area contributed by atoms with Gasteiger partial charge in [0.15, 0.2) is 0 Å². The first kappa shape index (κ1) is 11.7. The van der Waals surface area contributed by atoms with Gasteiger partial charge in [-0.25, -0.2) is 0 Å². The molecule has 0 aromatic heterocycles. The third kappa shape index (κ3) is 1.92. The molecule has 0 N–H and O–H groups in total. The summed E-state index contributed by atoms with van der Waals surface area (Å²) in [6, 6.07) is 26.6. The minimum atomic E-state index is 0.696. The van der Waals surface area contributed by atoms with Gasteiger partial charge in [0.25, 0.3) is 0 Å². The predicted octanol–water partition coefficient (Wildman–Crippen LogP) is 5.50. The van der Waals surface area contributed by atoms with Gasteiger partial charge in [0.05, 0.1) is 0 Å². The summed E-state index contributed by atoms with van der Waals surface area (Å²) in [6.07, 6.45) is 2.64. The molecule has 0 bridgehead atoms. The Kier molecular flexibility index (Phi) is 2.81. The first-order valence-electron chi connectivity index (χ1n) is 7.45. The molecule has 1 saturated carbocycles.